The fourth-order valence-electron chi connectivity index (χ4n) is 7.64. The van der Waals surface area contributed by atoms with Crippen molar-refractivity contribution in [2.75, 3.05) is 19.8 Å². The van der Waals surface area contributed by atoms with E-state index in [1.807, 2.05) is 30.3 Å². The van der Waals surface area contributed by atoms with Crippen molar-refractivity contribution in [3.05, 3.63) is 192 Å². The molecule has 0 radical (unpaired) electrons. The molecule has 1 amide bonds. The molecule has 2 saturated heterocycles. The molecular formula is C52H51NO15. The van der Waals surface area contributed by atoms with Crippen LogP contribution in [0.25, 0.3) is 0 Å². The molecule has 7 rings (SSSR count). The van der Waals surface area contributed by atoms with Gasteiger partial charge in [0.1, 0.15) is 37.1 Å². The Morgan fingerprint density at radius 3 is 1.53 bits per heavy atom. The van der Waals surface area contributed by atoms with E-state index in [1.54, 1.807) is 84.9 Å². The minimum atomic E-state index is -1.79. The molecule has 2 N–H and O–H groups in total. The topological polar surface area (TPSA) is 201 Å². The number of esters is 4. The highest BCUT2D eigenvalue weighted by atomic mass is 16.8. The summed E-state index contributed by atoms with van der Waals surface area (Å²) in [6.45, 7) is 4.19. The van der Waals surface area contributed by atoms with E-state index in [9.17, 15) is 29.1 Å². The molecule has 5 aromatic rings. The summed E-state index contributed by atoms with van der Waals surface area (Å²) in [5.41, 5.74) is 1.31. The molecule has 5 aromatic carbocycles. The molecule has 0 aromatic heterocycles. The molecule has 2 fully saturated rings. The third-order valence-corrected chi connectivity index (χ3v) is 10.9. The average Bonchev–Trinajstić information content (AvgIpc) is 3.37. The number of nitrogens with one attached hydrogen (secondary N) is 1. The van der Waals surface area contributed by atoms with Crippen LogP contribution in [0.1, 0.15) is 53.9 Å². The Hall–Kier alpha value is -7.05. The van der Waals surface area contributed by atoms with E-state index in [0.717, 1.165) is 5.56 Å². The first kappa shape index (κ1) is 48.9. The van der Waals surface area contributed by atoms with Crippen molar-refractivity contribution < 1.29 is 71.7 Å². The lowest BCUT2D eigenvalue weighted by molar-refractivity contribution is -0.346. The highest BCUT2D eigenvalue weighted by Gasteiger charge is 2.57. The van der Waals surface area contributed by atoms with Crippen molar-refractivity contribution in [2.45, 2.75) is 74.9 Å². The summed E-state index contributed by atoms with van der Waals surface area (Å²) in [5.74, 6) is -4.01. The Morgan fingerprint density at radius 1 is 0.574 bits per heavy atom. The Labute approximate surface area is 392 Å². The van der Waals surface area contributed by atoms with Gasteiger partial charge in [0.15, 0.2) is 30.9 Å². The fraction of sp³-hybridized carbons (Fsp3) is 0.288. The summed E-state index contributed by atoms with van der Waals surface area (Å²) in [5, 5.41) is 14.1. The lowest BCUT2D eigenvalue weighted by atomic mass is 9.94. The van der Waals surface area contributed by atoms with Crippen LogP contribution >= 0.6 is 0 Å². The van der Waals surface area contributed by atoms with Crippen molar-refractivity contribution in [3.63, 3.8) is 0 Å². The number of ether oxygens (including phenoxy) is 9. The van der Waals surface area contributed by atoms with E-state index in [1.165, 1.54) is 49.4 Å². The van der Waals surface area contributed by atoms with Gasteiger partial charge in [-0.25, -0.2) is 19.2 Å². The zero-order valence-corrected chi connectivity index (χ0v) is 37.0. The second kappa shape index (κ2) is 24.1. The van der Waals surface area contributed by atoms with E-state index in [4.69, 9.17) is 42.6 Å². The molecule has 10 atom stereocenters. The quantitative estimate of drug-likeness (QED) is 0.0585. The Balaban J connectivity index is 1.34. The van der Waals surface area contributed by atoms with Crippen LogP contribution < -0.4 is 5.32 Å². The maximum Gasteiger partial charge on any atom is 0.338 e. The summed E-state index contributed by atoms with van der Waals surface area (Å²) >= 11 is 0. The second-order valence-electron chi connectivity index (χ2n) is 15.7. The van der Waals surface area contributed by atoms with E-state index in [0.29, 0.717) is 0 Å². The number of aliphatic hydroxyl groups is 1. The first-order valence-electron chi connectivity index (χ1n) is 21.9. The van der Waals surface area contributed by atoms with Gasteiger partial charge in [-0.3, -0.25) is 4.79 Å². The van der Waals surface area contributed by atoms with Crippen molar-refractivity contribution in [3.8, 4) is 0 Å². The summed E-state index contributed by atoms with van der Waals surface area (Å²) in [4.78, 5) is 68.6. The van der Waals surface area contributed by atoms with Crippen LogP contribution in [0.3, 0.4) is 0 Å². The van der Waals surface area contributed by atoms with Crippen molar-refractivity contribution in [1.29, 1.82) is 0 Å². The minimum Gasteiger partial charge on any atom is -0.459 e. The molecule has 354 valence electrons. The van der Waals surface area contributed by atoms with Crippen LogP contribution in [0.4, 0.5) is 0 Å². The molecule has 0 bridgehead atoms. The zero-order valence-electron chi connectivity index (χ0n) is 37.0. The van der Waals surface area contributed by atoms with Crippen LogP contribution in [0.15, 0.2) is 164 Å². The number of aliphatic hydroxyl groups excluding tert-OH is 1. The van der Waals surface area contributed by atoms with E-state index in [2.05, 4.69) is 11.9 Å². The summed E-state index contributed by atoms with van der Waals surface area (Å²) in [6.07, 6.45) is -12.4. The molecule has 0 saturated carbocycles. The Bertz CT molecular complexity index is 2430. The zero-order chi connectivity index (χ0) is 47.8. The predicted octanol–water partition coefficient (Wildman–Crippen LogP) is 5.64. The van der Waals surface area contributed by atoms with Crippen LogP contribution in [-0.4, -0.2) is 116 Å². The minimum absolute atomic E-state index is 0.0883. The highest BCUT2D eigenvalue weighted by Crippen LogP contribution is 2.35. The van der Waals surface area contributed by atoms with E-state index in [-0.39, 0.29) is 42.1 Å². The molecule has 2 aliphatic rings. The number of hydrogen-bond acceptors (Lipinski definition) is 15. The van der Waals surface area contributed by atoms with Crippen molar-refractivity contribution in [2.24, 2.45) is 0 Å². The van der Waals surface area contributed by atoms with Crippen LogP contribution in [0, 0.1) is 0 Å². The van der Waals surface area contributed by atoms with Crippen LogP contribution in [0.2, 0.25) is 0 Å². The number of benzene rings is 5. The monoisotopic (exact) mass is 929 g/mol. The Kier molecular flexibility index (Phi) is 17.3. The highest BCUT2D eigenvalue weighted by molar-refractivity contribution is 5.91. The maximum atomic E-state index is 14.2. The molecule has 16 heteroatoms. The SMILES string of the molecule is C=CCO[C@@H]1[C@@H](NC(C)=O)[C@@H](O)O[C@H](COCc2ccccc2)[C@H]1O[C@@H]1O[C@H](COC(=O)c2ccccc2)[C@@H](OC(=O)c2ccccc2)[C@H](OC(=O)c2ccccc2)[C@H]1OC(=O)c1ccccc1. The molecule has 0 spiro atoms. The standard InChI is InChI=1S/C52H51NO15/c1-3-29-61-44-41(53-33(2)54)51(59)63-39(31-60-30-34-19-9-4-10-20-34)42(44)68-52-46(67-50(58)38-27-17-8-18-28-38)45(66-49(57)37-25-15-7-16-26-37)43(65-48(56)36-23-13-6-14-24-36)40(64-52)32-62-47(55)35-21-11-5-12-22-35/h3-28,39-46,51-52,59H,1,29-32H2,2H3,(H,53,54)/t39-,40-,41-,42-,43-,44-,45+,46-,51+,52+/m1/s1. The number of carbonyl (C=O) groups is 5. The predicted molar refractivity (Wildman–Crippen MR) is 242 cm³/mol. The van der Waals surface area contributed by atoms with Gasteiger partial charge in [0.2, 0.25) is 5.91 Å². The number of rotatable bonds is 19. The van der Waals surface area contributed by atoms with Gasteiger partial charge >= 0.3 is 23.9 Å². The van der Waals surface area contributed by atoms with Crippen molar-refractivity contribution >= 4 is 29.8 Å². The molecule has 0 aliphatic carbocycles. The number of amides is 1. The summed E-state index contributed by atoms with van der Waals surface area (Å²) in [7, 11) is 0. The maximum absolute atomic E-state index is 14.2. The van der Waals surface area contributed by atoms with Gasteiger partial charge in [0, 0.05) is 6.92 Å². The third kappa shape index (κ3) is 12.9. The molecular weight excluding hydrogens is 879 g/mol. The second-order valence-corrected chi connectivity index (χ2v) is 15.7. The van der Waals surface area contributed by atoms with E-state index < -0.39 is 97.7 Å². The van der Waals surface area contributed by atoms with Gasteiger partial charge < -0.3 is 53.1 Å². The summed E-state index contributed by atoms with van der Waals surface area (Å²) < 4.78 is 56.4. The third-order valence-electron chi connectivity index (χ3n) is 10.9. The number of carbonyl (C=O) groups excluding carboxylic acids is 5. The normalized spacial score (nSPS) is 24.4. The summed E-state index contributed by atoms with van der Waals surface area (Å²) in [6, 6.07) is 39.9. The Morgan fingerprint density at radius 2 is 1.03 bits per heavy atom. The van der Waals surface area contributed by atoms with Gasteiger partial charge in [0.05, 0.1) is 42.1 Å². The number of hydrogen-bond donors (Lipinski definition) is 2. The largest absolute Gasteiger partial charge is 0.459 e. The first-order valence-corrected chi connectivity index (χ1v) is 21.9. The fourth-order valence-corrected chi connectivity index (χ4v) is 7.64. The molecule has 2 heterocycles. The molecule has 16 nitrogen and oxygen atoms in total. The molecule has 0 unspecified atom stereocenters. The van der Waals surface area contributed by atoms with Crippen molar-refractivity contribution in [1.82, 2.24) is 5.32 Å². The van der Waals surface area contributed by atoms with Gasteiger partial charge in [-0.1, -0.05) is 109 Å². The first-order chi connectivity index (χ1) is 33.1. The molecule has 68 heavy (non-hydrogen) atoms. The van der Waals surface area contributed by atoms with Gasteiger partial charge in [-0.05, 0) is 54.1 Å². The van der Waals surface area contributed by atoms with Gasteiger partial charge in [0.25, 0.3) is 0 Å². The van der Waals surface area contributed by atoms with Gasteiger partial charge in [-0.2, -0.15) is 0 Å². The van der Waals surface area contributed by atoms with Crippen LogP contribution in [-0.2, 0) is 54.0 Å². The lowest BCUT2D eigenvalue weighted by Crippen LogP contribution is -2.68. The average molecular weight is 930 g/mol. The lowest BCUT2D eigenvalue weighted by Gasteiger charge is -2.49. The van der Waals surface area contributed by atoms with Crippen LogP contribution in [0.5, 0.6) is 0 Å². The molecule has 2 aliphatic heterocycles. The van der Waals surface area contributed by atoms with Gasteiger partial charge in [-0.15, -0.1) is 6.58 Å². The van der Waals surface area contributed by atoms with E-state index >= 15 is 0 Å². The smallest absolute Gasteiger partial charge is 0.338 e.